The lowest BCUT2D eigenvalue weighted by molar-refractivity contribution is -0.166. The maximum Gasteiger partial charge on any atom is 0.534 e. The number of rotatable bonds is 6. The summed E-state index contributed by atoms with van der Waals surface area (Å²) in [6.07, 6.45) is 4.43. The van der Waals surface area contributed by atoms with Crippen molar-refractivity contribution >= 4 is 10.1 Å². The van der Waals surface area contributed by atoms with Gasteiger partial charge >= 0.3 is 15.6 Å². The van der Waals surface area contributed by atoms with Gasteiger partial charge < -0.3 is 18.8 Å². The van der Waals surface area contributed by atoms with Gasteiger partial charge in [-0.1, -0.05) is 27.2 Å². The van der Waals surface area contributed by atoms with Crippen molar-refractivity contribution in [2.24, 2.45) is 22.7 Å². The van der Waals surface area contributed by atoms with Crippen molar-refractivity contribution in [3.8, 4) is 17.2 Å². The minimum atomic E-state index is -5.90. The van der Waals surface area contributed by atoms with E-state index in [1.54, 1.807) is 6.92 Å². The Balaban J connectivity index is 2.12. The zero-order valence-electron chi connectivity index (χ0n) is 20.6. The summed E-state index contributed by atoms with van der Waals surface area (Å²) in [7, 11) is -3.23. The summed E-state index contributed by atoms with van der Waals surface area (Å²) in [5.41, 5.74) is -6.71. The highest BCUT2D eigenvalue weighted by molar-refractivity contribution is 7.88. The molecule has 0 saturated heterocycles. The fourth-order valence-electron chi connectivity index (χ4n) is 6.60. The first-order valence-electron chi connectivity index (χ1n) is 11.5. The SMILES string of the molecule is COc1cc(C[C@@H]2[C@@]3(C)CCCC(C)(C)[C@@H]3CC[C@]2(C)O)c(OS(=O)(=O)C(F)(F)F)cc1OC. The fraction of sp³-hybridized carbons (Fsp3) is 0.750. The monoisotopic (exact) mass is 508 g/mol. The minimum Gasteiger partial charge on any atom is -0.493 e. The average Bonchev–Trinajstić information content (AvgIpc) is 2.69. The molecule has 34 heavy (non-hydrogen) atoms. The van der Waals surface area contributed by atoms with Gasteiger partial charge in [-0.05, 0) is 67.8 Å². The molecule has 0 unspecified atom stereocenters. The Hall–Kier alpha value is -1.68. The Labute approximate surface area is 199 Å². The van der Waals surface area contributed by atoms with Gasteiger partial charge in [0.25, 0.3) is 0 Å². The quantitative estimate of drug-likeness (QED) is 0.406. The first-order valence-corrected chi connectivity index (χ1v) is 12.9. The highest BCUT2D eigenvalue weighted by atomic mass is 32.2. The summed E-state index contributed by atoms with van der Waals surface area (Å²) in [6.45, 7) is 8.36. The number of aliphatic hydroxyl groups is 1. The highest BCUT2D eigenvalue weighted by Gasteiger charge is 2.58. The van der Waals surface area contributed by atoms with E-state index < -0.39 is 27.0 Å². The molecule has 0 aliphatic heterocycles. The number of fused-ring (bicyclic) bond motifs is 1. The van der Waals surface area contributed by atoms with Crippen LogP contribution in [0.4, 0.5) is 13.2 Å². The van der Waals surface area contributed by atoms with Gasteiger partial charge in [-0.15, -0.1) is 0 Å². The number of methoxy groups -OCH3 is 2. The summed E-state index contributed by atoms with van der Waals surface area (Å²) in [5, 5.41) is 11.5. The largest absolute Gasteiger partial charge is 0.534 e. The molecule has 0 amide bonds. The Morgan fingerprint density at radius 1 is 1.00 bits per heavy atom. The van der Waals surface area contributed by atoms with E-state index in [-0.39, 0.29) is 40.2 Å². The number of hydrogen-bond acceptors (Lipinski definition) is 6. The van der Waals surface area contributed by atoms with Crippen molar-refractivity contribution in [1.82, 2.24) is 0 Å². The van der Waals surface area contributed by atoms with E-state index in [1.807, 2.05) is 0 Å². The maximum absolute atomic E-state index is 13.1. The molecule has 0 aromatic heterocycles. The minimum absolute atomic E-state index is 0.0388. The Bertz CT molecular complexity index is 1020. The average molecular weight is 509 g/mol. The zero-order chi connectivity index (χ0) is 25.7. The van der Waals surface area contributed by atoms with Gasteiger partial charge in [0.2, 0.25) is 0 Å². The summed E-state index contributed by atoms with van der Waals surface area (Å²) >= 11 is 0. The van der Waals surface area contributed by atoms with Crippen molar-refractivity contribution < 1.29 is 40.4 Å². The van der Waals surface area contributed by atoms with Gasteiger partial charge in [-0.3, -0.25) is 0 Å². The van der Waals surface area contributed by atoms with Crippen molar-refractivity contribution in [2.45, 2.75) is 77.3 Å². The maximum atomic E-state index is 13.1. The molecular formula is C24H35F3O6S. The molecule has 1 aromatic rings. The molecule has 10 heteroatoms. The zero-order valence-corrected chi connectivity index (χ0v) is 21.4. The number of benzene rings is 1. The lowest BCUT2D eigenvalue weighted by Crippen LogP contribution is -2.58. The van der Waals surface area contributed by atoms with E-state index in [0.717, 1.165) is 31.7 Å². The van der Waals surface area contributed by atoms with Gasteiger partial charge in [-0.2, -0.15) is 21.6 Å². The first-order chi connectivity index (χ1) is 15.5. The molecule has 1 N–H and O–H groups in total. The molecule has 4 atom stereocenters. The Kier molecular flexibility index (Phi) is 6.94. The normalized spacial score (nSPS) is 31.5. The predicted molar refractivity (Wildman–Crippen MR) is 121 cm³/mol. The molecule has 2 fully saturated rings. The van der Waals surface area contributed by atoms with Crippen LogP contribution in [0.1, 0.15) is 65.4 Å². The van der Waals surface area contributed by atoms with Crippen LogP contribution in [-0.2, 0) is 16.5 Å². The third kappa shape index (κ3) is 4.72. The van der Waals surface area contributed by atoms with Gasteiger partial charge in [0.15, 0.2) is 11.5 Å². The first kappa shape index (κ1) is 26.9. The standard InChI is InChI=1S/C24H35F3O6S/c1-21(2)9-7-10-22(3)19(21)8-11-23(4,28)20(22)13-15-12-17(31-5)18(32-6)14-16(15)33-34(29,30)24(25,26)27/h12,14,19-20,28H,7-11,13H2,1-6H3/t19-,20+,22-,23-/m0/s1. The van der Waals surface area contributed by atoms with E-state index in [9.17, 15) is 26.7 Å². The molecule has 6 nitrogen and oxygen atoms in total. The van der Waals surface area contributed by atoms with Crippen LogP contribution in [0.3, 0.4) is 0 Å². The number of halogens is 3. The summed E-state index contributed by atoms with van der Waals surface area (Å²) in [5.74, 6) is -0.242. The van der Waals surface area contributed by atoms with E-state index in [4.69, 9.17) is 9.47 Å². The third-order valence-corrected chi connectivity index (χ3v) is 9.20. The van der Waals surface area contributed by atoms with Gasteiger partial charge in [0.05, 0.1) is 19.8 Å². The van der Waals surface area contributed by atoms with Crippen LogP contribution in [0, 0.1) is 22.7 Å². The van der Waals surface area contributed by atoms with Crippen molar-refractivity contribution in [3.63, 3.8) is 0 Å². The molecule has 0 bridgehead atoms. The molecule has 2 saturated carbocycles. The van der Waals surface area contributed by atoms with Crippen LogP contribution in [0.25, 0.3) is 0 Å². The molecule has 1 aromatic carbocycles. The molecule has 2 aliphatic carbocycles. The molecule has 0 radical (unpaired) electrons. The molecule has 2 aliphatic rings. The van der Waals surface area contributed by atoms with E-state index in [0.29, 0.717) is 12.3 Å². The molecule has 194 valence electrons. The van der Waals surface area contributed by atoms with Crippen molar-refractivity contribution in [3.05, 3.63) is 17.7 Å². The van der Waals surface area contributed by atoms with Crippen molar-refractivity contribution in [1.29, 1.82) is 0 Å². The van der Waals surface area contributed by atoms with E-state index >= 15 is 0 Å². The summed E-state index contributed by atoms with van der Waals surface area (Å²) in [6, 6.07) is 2.54. The van der Waals surface area contributed by atoms with Crippen LogP contribution >= 0.6 is 0 Å². The lowest BCUT2D eigenvalue weighted by atomic mass is 9.45. The Morgan fingerprint density at radius 3 is 2.15 bits per heavy atom. The van der Waals surface area contributed by atoms with Gasteiger partial charge in [0, 0.05) is 11.6 Å². The number of alkyl halides is 3. The van der Waals surface area contributed by atoms with Crippen LogP contribution in [0.5, 0.6) is 17.2 Å². The third-order valence-electron chi connectivity index (χ3n) is 8.24. The number of ether oxygens (including phenoxy) is 2. The molecule has 0 heterocycles. The lowest BCUT2D eigenvalue weighted by Gasteiger charge is -2.61. The topological polar surface area (TPSA) is 82.1 Å². The summed E-state index contributed by atoms with van der Waals surface area (Å²) < 4.78 is 78.1. The number of hydrogen-bond donors (Lipinski definition) is 1. The van der Waals surface area contributed by atoms with Crippen LogP contribution < -0.4 is 13.7 Å². The molecule has 3 rings (SSSR count). The van der Waals surface area contributed by atoms with Crippen LogP contribution in [0.15, 0.2) is 12.1 Å². The molecule has 0 spiro atoms. The van der Waals surface area contributed by atoms with Gasteiger partial charge in [0.1, 0.15) is 5.75 Å². The molecular weight excluding hydrogens is 473 g/mol. The predicted octanol–water partition coefficient (Wildman–Crippen LogP) is 5.47. The highest BCUT2D eigenvalue weighted by Crippen LogP contribution is 2.63. The van der Waals surface area contributed by atoms with Crippen LogP contribution in [-0.4, -0.2) is 38.9 Å². The Morgan fingerprint density at radius 2 is 1.59 bits per heavy atom. The second kappa shape index (κ2) is 8.76. The second-order valence-electron chi connectivity index (χ2n) is 10.9. The van der Waals surface area contributed by atoms with E-state index in [2.05, 4.69) is 25.0 Å². The second-order valence-corrected chi connectivity index (χ2v) is 12.4. The van der Waals surface area contributed by atoms with E-state index in [1.165, 1.54) is 20.3 Å². The van der Waals surface area contributed by atoms with Crippen LogP contribution in [0.2, 0.25) is 0 Å². The van der Waals surface area contributed by atoms with Gasteiger partial charge in [-0.25, -0.2) is 0 Å². The fourth-order valence-corrected chi connectivity index (χ4v) is 7.09. The van der Waals surface area contributed by atoms with Crippen molar-refractivity contribution in [2.75, 3.05) is 14.2 Å². The summed E-state index contributed by atoms with van der Waals surface area (Å²) in [4.78, 5) is 0. The smallest absolute Gasteiger partial charge is 0.493 e.